The van der Waals surface area contributed by atoms with Crippen LogP contribution in [0.4, 0.5) is 4.39 Å². The van der Waals surface area contributed by atoms with E-state index in [1.807, 2.05) is 0 Å². The third kappa shape index (κ3) is 3.77. The molecule has 1 fully saturated rings. The fourth-order valence-electron chi connectivity index (χ4n) is 3.09. The minimum absolute atomic E-state index is 0.0277. The van der Waals surface area contributed by atoms with Crippen LogP contribution < -0.4 is 0 Å². The number of likely N-dealkylation sites (tertiary alicyclic amines) is 1. The van der Waals surface area contributed by atoms with Gasteiger partial charge in [0.2, 0.25) is 15.0 Å². The van der Waals surface area contributed by atoms with E-state index in [0.29, 0.717) is 12.1 Å². The maximum absolute atomic E-state index is 14.1. The zero-order chi connectivity index (χ0) is 18.0. The Kier molecular flexibility index (Phi) is 5.24. The van der Waals surface area contributed by atoms with Gasteiger partial charge in [-0.25, -0.2) is 17.8 Å². The second kappa shape index (κ2) is 7.25. The third-order valence-electron chi connectivity index (χ3n) is 4.65. The standard InChI is InChI=1S/C18H24FN3O2S/c1-14(2)25(23,24)18-20-11-16(13-21-9-5-6-10-21)22(18)12-15-7-3-4-8-17(15)19/h3-4,7-8,11,14H,5-6,9-10,12-13H2,1-2H3. The van der Waals surface area contributed by atoms with E-state index in [-0.39, 0.29) is 17.5 Å². The first-order chi connectivity index (χ1) is 11.9. The molecule has 0 bridgehead atoms. The van der Waals surface area contributed by atoms with Gasteiger partial charge in [-0.05, 0) is 45.8 Å². The van der Waals surface area contributed by atoms with Crippen LogP contribution in [0, 0.1) is 5.82 Å². The molecule has 136 valence electrons. The normalized spacial score (nSPS) is 16.0. The fourth-order valence-corrected chi connectivity index (χ4v) is 4.20. The fraction of sp³-hybridized carbons (Fsp3) is 0.500. The predicted octanol–water partition coefficient (Wildman–Crippen LogP) is 2.85. The molecule has 2 heterocycles. The molecule has 0 atom stereocenters. The van der Waals surface area contributed by atoms with Crippen molar-refractivity contribution < 1.29 is 12.8 Å². The van der Waals surface area contributed by atoms with E-state index in [4.69, 9.17) is 0 Å². The van der Waals surface area contributed by atoms with E-state index in [1.54, 1.807) is 42.8 Å². The zero-order valence-corrected chi connectivity index (χ0v) is 15.5. The average molecular weight is 365 g/mol. The summed E-state index contributed by atoms with van der Waals surface area (Å²) in [5.41, 5.74) is 1.27. The van der Waals surface area contributed by atoms with Crippen molar-refractivity contribution in [3.63, 3.8) is 0 Å². The summed E-state index contributed by atoms with van der Waals surface area (Å²) in [5.74, 6) is -0.337. The first-order valence-electron chi connectivity index (χ1n) is 8.63. The second-order valence-electron chi connectivity index (χ2n) is 6.79. The summed E-state index contributed by atoms with van der Waals surface area (Å²) in [6.07, 6.45) is 3.92. The molecule has 1 aromatic heterocycles. The number of rotatable bonds is 6. The Balaban J connectivity index is 2.01. The van der Waals surface area contributed by atoms with Crippen LogP contribution in [0.3, 0.4) is 0 Å². The van der Waals surface area contributed by atoms with Gasteiger partial charge in [0, 0.05) is 12.1 Å². The Morgan fingerprint density at radius 1 is 1.16 bits per heavy atom. The lowest BCUT2D eigenvalue weighted by molar-refractivity contribution is 0.320. The molecule has 1 aliphatic rings. The van der Waals surface area contributed by atoms with Crippen LogP contribution in [0.1, 0.15) is 37.9 Å². The van der Waals surface area contributed by atoms with E-state index < -0.39 is 15.1 Å². The Labute approximate surface area is 148 Å². The van der Waals surface area contributed by atoms with Gasteiger partial charge >= 0.3 is 0 Å². The van der Waals surface area contributed by atoms with E-state index >= 15 is 0 Å². The highest BCUT2D eigenvalue weighted by Crippen LogP contribution is 2.22. The summed E-state index contributed by atoms with van der Waals surface area (Å²) in [4.78, 5) is 6.48. The molecule has 0 N–H and O–H groups in total. The Hall–Kier alpha value is -1.73. The maximum atomic E-state index is 14.1. The van der Waals surface area contributed by atoms with E-state index in [1.165, 1.54) is 6.07 Å². The van der Waals surface area contributed by atoms with Crippen molar-refractivity contribution in [2.75, 3.05) is 13.1 Å². The topological polar surface area (TPSA) is 55.2 Å². The molecule has 0 saturated carbocycles. The van der Waals surface area contributed by atoms with Crippen molar-refractivity contribution in [3.8, 4) is 0 Å². The van der Waals surface area contributed by atoms with Gasteiger partial charge in [0.1, 0.15) is 5.82 Å². The van der Waals surface area contributed by atoms with E-state index in [0.717, 1.165) is 31.6 Å². The van der Waals surface area contributed by atoms with Gasteiger partial charge in [-0.15, -0.1) is 0 Å². The number of benzene rings is 1. The molecule has 3 rings (SSSR count). The summed E-state index contributed by atoms with van der Waals surface area (Å²) in [7, 11) is -3.54. The number of nitrogens with zero attached hydrogens (tertiary/aromatic N) is 3. The smallest absolute Gasteiger partial charge is 0.228 e. The number of imidazole rings is 1. The lowest BCUT2D eigenvalue weighted by Gasteiger charge is -2.18. The van der Waals surface area contributed by atoms with Crippen molar-refractivity contribution in [1.82, 2.24) is 14.5 Å². The maximum Gasteiger partial charge on any atom is 0.228 e. The molecule has 0 spiro atoms. The SMILES string of the molecule is CC(C)S(=O)(=O)c1ncc(CN2CCCC2)n1Cc1ccccc1F. The highest BCUT2D eigenvalue weighted by molar-refractivity contribution is 7.91. The van der Waals surface area contributed by atoms with Crippen molar-refractivity contribution in [1.29, 1.82) is 0 Å². The van der Waals surface area contributed by atoms with Crippen LogP contribution in [0.5, 0.6) is 0 Å². The summed E-state index contributed by atoms with van der Waals surface area (Å²) >= 11 is 0. The molecule has 1 aromatic carbocycles. The Morgan fingerprint density at radius 2 is 1.84 bits per heavy atom. The highest BCUT2D eigenvalue weighted by Gasteiger charge is 2.28. The molecule has 2 aromatic rings. The van der Waals surface area contributed by atoms with Crippen molar-refractivity contribution >= 4 is 9.84 Å². The molecule has 1 saturated heterocycles. The van der Waals surface area contributed by atoms with Gasteiger partial charge in [-0.1, -0.05) is 18.2 Å². The van der Waals surface area contributed by atoms with Gasteiger partial charge < -0.3 is 4.57 Å². The highest BCUT2D eigenvalue weighted by atomic mass is 32.2. The Bertz CT molecular complexity index is 840. The van der Waals surface area contributed by atoms with Crippen LogP contribution in [0.25, 0.3) is 0 Å². The predicted molar refractivity (Wildman–Crippen MR) is 94.6 cm³/mol. The molecule has 0 amide bonds. The van der Waals surface area contributed by atoms with Crippen molar-refractivity contribution in [2.45, 2.75) is 50.2 Å². The van der Waals surface area contributed by atoms with Gasteiger partial charge in [-0.3, -0.25) is 4.90 Å². The summed E-state index contributed by atoms with van der Waals surface area (Å²) < 4.78 is 41.1. The minimum Gasteiger partial charge on any atom is -0.313 e. The van der Waals surface area contributed by atoms with Gasteiger partial charge in [-0.2, -0.15) is 0 Å². The molecule has 7 heteroatoms. The van der Waals surface area contributed by atoms with E-state index in [9.17, 15) is 12.8 Å². The number of sulfone groups is 1. The van der Waals surface area contributed by atoms with Gasteiger partial charge in [0.15, 0.2) is 0 Å². The summed E-state index contributed by atoms with van der Waals surface area (Å²) in [6, 6.07) is 6.46. The molecular formula is C18H24FN3O2S. The molecular weight excluding hydrogens is 341 g/mol. The van der Waals surface area contributed by atoms with Crippen LogP contribution in [0.2, 0.25) is 0 Å². The average Bonchev–Trinajstić information content (AvgIpc) is 3.21. The zero-order valence-electron chi connectivity index (χ0n) is 14.7. The van der Waals surface area contributed by atoms with Gasteiger partial charge in [0.25, 0.3) is 0 Å². The van der Waals surface area contributed by atoms with Crippen molar-refractivity contribution in [3.05, 3.63) is 47.5 Å². The Morgan fingerprint density at radius 3 is 2.48 bits per heavy atom. The quantitative estimate of drug-likeness (QED) is 0.790. The summed E-state index contributed by atoms with van der Waals surface area (Å²) in [5, 5.41) is -0.547. The monoisotopic (exact) mass is 365 g/mol. The van der Waals surface area contributed by atoms with Crippen LogP contribution in [-0.4, -0.2) is 41.2 Å². The molecule has 5 nitrogen and oxygen atoms in total. The molecule has 1 aliphatic heterocycles. The first-order valence-corrected chi connectivity index (χ1v) is 10.2. The van der Waals surface area contributed by atoms with Crippen LogP contribution in [-0.2, 0) is 22.9 Å². The molecule has 0 unspecified atom stereocenters. The second-order valence-corrected chi connectivity index (χ2v) is 9.18. The lowest BCUT2D eigenvalue weighted by atomic mass is 10.2. The lowest BCUT2D eigenvalue weighted by Crippen LogP contribution is -2.24. The van der Waals surface area contributed by atoms with Gasteiger partial charge in [0.05, 0.1) is 23.7 Å². The minimum atomic E-state index is -3.54. The number of halogens is 1. The van der Waals surface area contributed by atoms with Crippen LogP contribution >= 0.6 is 0 Å². The summed E-state index contributed by atoms with van der Waals surface area (Å²) in [6.45, 7) is 6.07. The van der Waals surface area contributed by atoms with Crippen molar-refractivity contribution in [2.24, 2.45) is 0 Å². The largest absolute Gasteiger partial charge is 0.313 e. The number of aromatic nitrogens is 2. The molecule has 0 aliphatic carbocycles. The first kappa shape index (κ1) is 18.1. The van der Waals surface area contributed by atoms with E-state index in [2.05, 4.69) is 9.88 Å². The number of hydrogen-bond acceptors (Lipinski definition) is 4. The number of hydrogen-bond donors (Lipinski definition) is 0. The molecule has 25 heavy (non-hydrogen) atoms. The van der Waals surface area contributed by atoms with Crippen LogP contribution in [0.15, 0.2) is 35.6 Å². The third-order valence-corrected chi connectivity index (χ3v) is 6.72. The molecule has 0 radical (unpaired) electrons.